The molecule has 30 heavy (non-hydrogen) atoms. The van der Waals surface area contributed by atoms with Crippen LogP contribution in [0.3, 0.4) is 0 Å². The number of nitrogens with zero attached hydrogens (tertiary/aromatic N) is 3. The normalized spacial score (nSPS) is 25.6. The molecule has 3 amide bonds. The van der Waals surface area contributed by atoms with Crippen molar-refractivity contribution in [3.05, 3.63) is 70.2 Å². The summed E-state index contributed by atoms with van der Waals surface area (Å²) in [5, 5.41) is 1.50. The van der Waals surface area contributed by atoms with Gasteiger partial charge in [0, 0.05) is 11.0 Å². The fourth-order valence-corrected chi connectivity index (χ4v) is 6.10. The van der Waals surface area contributed by atoms with Crippen LogP contribution in [0.1, 0.15) is 17.5 Å². The maximum absolute atomic E-state index is 13.3. The van der Waals surface area contributed by atoms with Gasteiger partial charge in [0.2, 0.25) is 5.91 Å². The first kappa shape index (κ1) is 19.9. The molecule has 6 nitrogen and oxygen atoms in total. The molecule has 1 N–H and O–H groups in total. The number of hydrogen-bond acceptors (Lipinski definition) is 4. The summed E-state index contributed by atoms with van der Waals surface area (Å²) in [6, 6.07) is 18.1. The van der Waals surface area contributed by atoms with Crippen molar-refractivity contribution >= 4 is 39.6 Å². The van der Waals surface area contributed by atoms with E-state index in [4.69, 9.17) is 0 Å². The summed E-state index contributed by atoms with van der Waals surface area (Å²) in [7, 11) is 0. The minimum atomic E-state index is -0.413. The third kappa shape index (κ3) is 3.61. The molecule has 3 aliphatic rings. The van der Waals surface area contributed by atoms with E-state index in [0.717, 1.165) is 28.6 Å². The second-order valence-corrected chi connectivity index (χ2v) is 9.98. The largest absolute Gasteiger partial charge is 0.337 e. The second-order valence-electron chi connectivity index (χ2n) is 7.82. The van der Waals surface area contributed by atoms with Gasteiger partial charge >= 0.3 is 6.03 Å². The minimum Gasteiger partial charge on any atom is -0.307 e. The Morgan fingerprint density at radius 2 is 1.80 bits per heavy atom. The molecule has 2 aromatic rings. The summed E-state index contributed by atoms with van der Waals surface area (Å²) in [6.07, 6.45) is 1.22. The lowest BCUT2D eigenvalue weighted by molar-refractivity contribution is -0.144. The van der Waals surface area contributed by atoms with Gasteiger partial charge in [-0.3, -0.25) is 14.7 Å². The summed E-state index contributed by atoms with van der Waals surface area (Å²) in [6.45, 7) is 1.05. The number of nitrogens with one attached hydrogen (secondary N) is 1. The number of hydrogen-bond donors (Lipinski definition) is 1. The maximum Gasteiger partial charge on any atom is 0.337 e. The van der Waals surface area contributed by atoms with Crippen molar-refractivity contribution < 1.29 is 9.59 Å². The maximum atomic E-state index is 13.3. The molecule has 0 spiro atoms. The molecule has 8 heteroatoms. The molecule has 0 aromatic heterocycles. The van der Waals surface area contributed by atoms with Gasteiger partial charge in [0.25, 0.3) is 0 Å². The van der Waals surface area contributed by atoms with E-state index in [-0.39, 0.29) is 23.2 Å². The summed E-state index contributed by atoms with van der Waals surface area (Å²) in [5.41, 5.74) is 5.56. The van der Waals surface area contributed by atoms with E-state index in [1.807, 2.05) is 52.3 Å². The Morgan fingerprint density at radius 3 is 2.57 bits per heavy atom. The molecule has 0 radical (unpaired) electrons. The molecular formula is C22H23BrN4O2S. The highest BCUT2D eigenvalue weighted by atomic mass is 79.9. The van der Waals surface area contributed by atoms with Gasteiger partial charge in [0.1, 0.15) is 5.25 Å². The summed E-state index contributed by atoms with van der Waals surface area (Å²) in [5.74, 6) is 1.06. The van der Waals surface area contributed by atoms with Crippen LogP contribution in [0.5, 0.6) is 0 Å². The Hall–Kier alpha value is -2.03. The second kappa shape index (κ2) is 8.24. The molecule has 0 saturated carbocycles. The molecule has 2 aromatic carbocycles. The Kier molecular flexibility index (Phi) is 5.47. The highest BCUT2D eigenvalue weighted by Gasteiger charge is 2.55. The summed E-state index contributed by atoms with van der Waals surface area (Å²) < 4.78 is 1.01. The zero-order valence-electron chi connectivity index (χ0n) is 16.4. The number of urea groups is 1. The molecule has 3 saturated heterocycles. The molecule has 3 heterocycles. The summed E-state index contributed by atoms with van der Waals surface area (Å²) in [4.78, 5) is 30.3. The number of fused-ring (bicyclic) bond motifs is 3. The van der Waals surface area contributed by atoms with Crippen LogP contribution < -0.4 is 5.43 Å². The first-order chi connectivity index (χ1) is 14.6. The van der Waals surface area contributed by atoms with Crippen LogP contribution >= 0.6 is 27.7 Å². The first-order valence-corrected chi connectivity index (χ1v) is 12.0. The van der Waals surface area contributed by atoms with Gasteiger partial charge in [0.15, 0.2) is 6.29 Å². The third-order valence-corrected chi connectivity index (χ3v) is 7.84. The van der Waals surface area contributed by atoms with Crippen LogP contribution in [-0.2, 0) is 17.8 Å². The highest BCUT2D eigenvalue weighted by molar-refractivity contribution is 9.10. The lowest BCUT2D eigenvalue weighted by atomic mass is 10.0. The lowest BCUT2D eigenvalue weighted by Gasteiger charge is -2.44. The first-order valence-electron chi connectivity index (χ1n) is 10.2. The monoisotopic (exact) mass is 486 g/mol. The van der Waals surface area contributed by atoms with Crippen molar-refractivity contribution in [3.8, 4) is 0 Å². The Bertz CT molecular complexity index is 942. The minimum absolute atomic E-state index is 0.0320. The molecule has 3 unspecified atom stereocenters. The lowest BCUT2D eigenvalue weighted by Crippen LogP contribution is -2.66. The average molecular weight is 487 g/mol. The van der Waals surface area contributed by atoms with Crippen molar-refractivity contribution in [2.24, 2.45) is 0 Å². The quantitative estimate of drug-likeness (QED) is 0.703. The van der Waals surface area contributed by atoms with Crippen LogP contribution in [-0.4, -0.2) is 56.6 Å². The molecule has 3 fully saturated rings. The SMILES string of the molecule is O=C1C2SCCC2N2C(=O)N(Cc3ccc(Br)cc3)NC2N1CCc1ccccc1. The number of halogens is 1. The number of carbonyl (C=O) groups excluding carboxylic acids is 2. The smallest absolute Gasteiger partial charge is 0.307 e. The third-order valence-electron chi connectivity index (χ3n) is 5.96. The Morgan fingerprint density at radius 1 is 1.03 bits per heavy atom. The van der Waals surface area contributed by atoms with Gasteiger partial charge in [-0.05, 0) is 41.9 Å². The fourth-order valence-electron chi connectivity index (χ4n) is 4.44. The molecule has 0 aliphatic carbocycles. The van der Waals surface area contributed by atoms with Gasteiger partial charge < -0.3 is 4.90 Å². The van der Waals surface area contributed by atoms with Crippen molar-refractivity contribution in [3.63, 3.8) is 0 Å². The van der Waals surface area contributed by atoms with Gasteiger partial charge in [0.05, 0.1) is 12.6 Å². The Balaban J connectivity index is 1.38. The zero-order chi connectivity index (χ0) is 20.7. The van der Waals surface area contributed by atoms with Crippen LogP contribution in [0, 0.1) is 0 Å². The number of amides is 3. The molecule has 5 rings (SSSR count). The van der Waals surface area contributed by atoms with E-state index < -0.39 is 6.29 Å². The van der Waals surface area contributed by atoms with E-state index in [1.165, 1.54) is 5.56 Å². The van der Waals surface area contributed by atoms with Gasteiger partial charge in [-0.2, -0.15) is 5.43 Å². The number of thioether (sulfide) groups is 1. The van der Waals surface area contributed by atoms with Crippen molar-refractivity contribution in [2.45, 2.75) is 37.0 Å². The van der Waals surface area contributed by atoms with Crippen LogP contribution in [0.4, 0.5) is 4.79 Å². The average Bonchev–Trinajstić information content (AvgIpc) is 3.36. The van der Waals surface area contributed by atoms with Crippen LogP contribution in [0.25, 0.3) is 0 Å². The van der Waals surface area contributed by atoms with Crippen molar-refractivity contribution in [1.82, 2.24) is 20.2 Å². The number of rotatable bonds is 5. The van der Waals surface area contributed by atoms with Crippen LogP contribution in [0.2, 0.25) is 0 Å². The molecular weight excluding hydrogens is 464 g/mol. The molecule has 3 aliphatic heterocycles. The standard InChI is InChI=1S/C22H23BrN4O2S/c23-17-8-6-16(7-9-17)14-26-22(29)27-18-11-13-30-19(18)20(28)25(21(27)24-26)12-10-15-4-2-1-3-5-15/h1-9,18-19,21,24H,10-14H2. The zero-order valence-corrected chi connectivity index (χ0v) is 18.8. The van der Waals surface area contributed by atoms with E-state index in [0.29, 0.717) is 13.1 Å². The highest BCUT2D eigenvalue weighted by Crippen LogP contribution is 2.39. The predicted octanol–water partition coefficient (Wildman–Crippen LogP) is 3.43. The number of carbonyl (C=O) groups is 2. The van der Waals surface area contributed by atoms with E-state index >= 15 is 0 Å². The molecule has 3 atom stereocenters. The van der Waals surface area contributed by atoms with E-state index in [2.05, 4.69) is 33.5 Å². The predicted molar refractivity (Wildman–Crippen MR) is 120 cm³/mol. The topological polar surface area (TPSA) is 55.9 Å². The van der Waals surface area contributed by atoms with Gasteiger partial charge in [-0.1, -0.05) is 58.4 Å². The van der Waals surface area contributed by atoms with Gasteiger partial charge in [-0.25, -0.2) is 4.79 Å². The molecule has 0 bridgehead atoms. The van der Waals surface area contributed by atoms with Gasteiger partial charge in [-0.15, -0.1) is 11.8 Å². The summed E-state index contributed by atoms with van der Waals surface area (Å²) >= 11 is 5.13. The number of hydrazine groups is 1. The van der Waals surface area contributed by atoms with Crippen molar-refractivity contribution in [2.75, 3.05) is 12.3 Å². The number of benzene rings is 2. The fraction of sp³-hybridized carbons (Fsp3) is 0.364. The van der Waals surface area contributed by atoms with Crippen LogP contribution in [0.15, 0.2) is 59.1 Å². The van der Waals surface area contributed by atoms with E-state index in [1.54, 1.807) is 16.8 Å². The Labute approximate surface area is 188 Å². The van der Waals surface area contributed by atoms with Crippen molar-refractivity contribution in [1.29, 1.82) is 0 Å². The molecule has 156 valence electrons. The van der Waals surface area contributed by atoms with E-state index in [9.17, 15) is 9.59 Å².